The number of hydrogen-bond donors (Lipinski definition) is 1. The van der Waals surface area contributed by atoms with Gasteiger partial charge in [-0.15, -0.1) is 0 Å². The van der Waals surface area contributed by atoms with E-state index in [0.717, 1.165) is 18.2 Å². The Morgan fingerprint density at radius 1 is 0.808 bits per heavy atom. The first-order valence-electron chi connectivity index (χ1n) is 7.93. The molecule has 0 unspecified atom stereocenters. The van der Waals surface area contributed by atoms with E-state index in [-0.39, 0.29) is 19.0 Å². The molecule has 0 aliphatic rings. The Hall–Kier alpha value is -2.05. The molecule has 0 bridgehead atoms. The maximum absolute atomic E-state index is 10.5. The third-order valence-electron chi connectivity index (χ3n) is 2.74. The van der Waals surface area contributed by atoms with Gasteiger partial charge in [0, 0.05) is 7.11 Å². The summed E-state index contributed by atoms with van der Waals surface area (Å²) in [5.41, 5.74) is 2.13. The van der Waals surface area contributed by atoms with E-state index in [4.69, 9.17) is 26.2 Å². The van der Waals surface area contributed by atoms with E-state index in [1.807, 2.05) is 60.7 Å². The van der Waals surface area contributed by atoms with Crippen molar-refractivity contribution in [2.75, 3.05) is 20.3 Å². The lowest BCUT2D eigenvalue weighted by molar-refractivity contribution is -0.121. The fourth-order valence-electron chi connectivity index (χ4n) is 1.71. The lowest BCUT2D eigenvalue weighted by Gasteiger charge is -2.00. The number of carbonyl (C=O) groups excluding carboxylic acids is 2. The Labute approximate surface area is 159 Å². The number of aliphatic hydroxyl groups excluding tert-OH is 1. The van der Waals surface area contributed by atoms with Gasteiger partial charge in [-0.3, -0.25) is 9.59 Å². The SMILES string of the molecule is CC(=O)COCc1ccccc1.CO.O=C(Cl)COCc1ccccc1. The van der Waals surface area contributed by atoms with Gasteiger partial charge in [0.15, 0.2) is 5.78 Å². The average molecular weight is 381 g/mol. The summed E-state index contributed by atoms with van der Waals surface area (Å²) in [6, 6.07) is 19.4. The molecule has 0 aliphatic carbocycles. The zero-order chi connectivity index (χ0) is 19.6. The van der Waals surface area contributed by atoms with Crippen molar-refractivity contribution in [2.24, 2.45) is 0 Å². The zero-order valence-electron chi connectivity index (χ0n) is 15.1. The van der Waals surface area contributed by atoms with Gasteiger partial charge in [-0.25, -0.2) is 0 Å². The summed E-state index contributed by atoms with van der Waals surface area (Å²) < 4.78 is 10.1. The van der Waals surface area contributed by atoms with Gasteiger partial charge < -0.3 is 14.6 Å². The Kier molecular flexibility index (Phi) is 15.1. The molecule has 142 valence electrons. The predicted octanol–water partition coefficient (Wildman–Crippen LogP) is 3.37. The van der Waals surface area contributed by atoms with Gasteiger partial charge in [-0.1, -0.05) is 60.7 Å². The molecule has 0 saturated carbocycles. The number of carbonyl (C=O) groups is 2. The Morgan fingerprint density at radius 2 is 1.19 bits per heavy atom. The Morgan fingerprint density at radius 3 is 1.54 bits per heavy atom. The molecule has 0 amide bonds. The molecule has 0 atom stereocenters. The van der Waals surface area contributed by atoms with Gasteiger partial charge in [-0.05, 0) is 29.7 Å². The van der Waals surface area contributed by atoms with Crippen LogP contribution in [0.15, 0.2) is 60.7 Å². The van der Waals surface area contributed by atoms with Crippen molar-refractivity contribution in [2.45, 2.75) is 20.1 Å². The van der Waals surface area contributed by atoms with E-state index in [1.54, 1.807) is 0 Å². The molecule has 0 saturated heterocycles. The van der Waals surface area contributed by atoms with Gasteiger partial charge >= 0.3 is 0 Å². The van der Waals surface area contributed by atoms with Crippen LogP contribution in [-0.2, 0) is 32.3 Å². The van der Waals surface area contributed by atoms with E-state index in [1.165, 1.54) is 6.92 Å². The number of Topliss-reactive ketones (excluding diaryl/α,β-unsaturated/α-hetero) is 1. The van der Waals surface area contributed by atoms with Crippen LogP contribution < -0.4 is 0 Å². The van der Waals surface area contributed by atoms with Crippen LogP contribution in [0.3, 0.4) is 0 Å². The Bertz CT molecular complexity index is 547. The topological polar surface area (TPSA) is 72.8 Å². The second kappa shape index (κ2) is 16.4. The zero-order valence-corrected chi connectivity index (χ0v) is 15.8. The molecular weight excluding hydrogens is 356 g/mol. The number of rotatable bonds is 8. The molecule has 0 aromatic heterocycles. The molecule has 2 aromatic carbocycles. The number of hydrogen-bond acceptors (Lipinski definition) is 5. The summed E-state index contributed by atoms with van der Waals surface area (Å²) in [5.74, 6) is 0.0610. The van der Waals surface area contributed by atoms with Crippen LogP contribution in [0.5, 0.6) is 0 Å². The molecular formula is C20H25ClO5. The maximum Gasteiger partial charge on any atom is 0.247 e. The quantitative estimate of drug-likeness (QED) is 0.711. The van der Waals surface area contributed by atoms with E-state index in [0.29, 0.717) is 13.2 Å². The minimum Gasteiger partial charge on any atom is -0.400 e. The maximum atomic E-state index is 10.5. The highest BCUT2D eigenvalue weighted by Gasteiger charge is 1.96. The fraction of sp³-hybridized carbons (Fsp3) is 0.300. The average Bonchev–Trinajstić information content (AvgIpc) is 2.65. The molecule has 0 radical (unpaired) electrons. The van der Waals surface area contributed by atoms with Crippen LogP contribution in [0.4, 0.5) is 0 Å². The van der Waals surface area contributed by atoms with Crippen LogP contribution in [-0.4, -0.2) is 36.5 Å². The second-order valence-corrected chi connectivity index (χ2v) is 5.44. The molecule has 1 N–H and O–H groups in total. The highest BCUT2D eigenvalue weighted by molar-refractivity contribution is 6.63. The van der Waals surface area contributed by atoms with Crippen LogP contribution >= 0.6 is 11.6 Å². The highest BCUT2D eigenvalue weighted by Crippen LogP contribution is 2.00. The minimum atomic E-state index is -0.467. The molecule has 5 nitrogen and oxygen atoms in total. The first-order chi connectivity index (χ1) is 12.6. The van der Waals surface area contributed by atoms with Gasteiger partial charge in [0.2, 0.25) is 5.24 Å². The minimum absolute atomic E-state index is 0.0313. The third-order valence-corrected chi connectivity index (χ3v) is 2.85. The van der Waals surface area contributed by atoms with Crippen molar-refractivity contribution in [1.29, 1.82) is 0 Å². The summed E-state index contributed by atoms with van der Waals surface area (Å²) in [7, 11) is 1.00. The van der Waals surface area contributed by atoms with Gasteiger partial charge in [0.1, 0.15) is 13.2 Å². The lowest BCUT2D eigenvalue weighted by atomic mass is 10.2. The van der Waals surface area contributed by atoms with Gasteiger partial charge in [-0.2, -0.15) is 0 Å². The second-order valence-electron chi connectivity index (χ2n) is 5.01. The summed E-state index contributed by atoms with van der Waals surface area (Å²) in [6.45, 7) is 2.63. The molecule has 0 spiro atoms. The normalized spacial score (nSPS) is 9.23. The monoisotopic (exact) mass is 380 g/mol. The van der Waals surface area contributed by atoms with Crippen LogP contribution in [0.25, 0.3) is 0 Å². The largest absolute Gasteiger partial charge is 0.400 e. The standard InChI is InChI=1S/C10H12O2.C9H9ClO2.CH4O/c1-9(11)7-12-8-10-5-3-2-4-6-10;10-9(11)7-12-6-8-4-2-1-3-5-8;1-2/h2-6H,7-8H2,1H3;1-5H,6-7H2;2H,1H3. The molecule has 6 heteroatoms. The highest BCUT2D eigenvalue weighted by atomic mass is 35.5. The van der Waals surface area contributed by atoms with Crippen molar-refractivity contribution in [3.05, 3.63) is 71.8 Å². The Balaban J connectivity index is 0.000000439. The lowest BCUT2D eigenvalue weighted by Crippen LogP contribution is -2.03. The van der Waals surface area contributed by atoms with Crippen molar-refractivity contribution in [3.63, 3.8) is 0 Å². The van der Waals surface area contributed by atoms with Gasteiger partial charge in [0.25, 0.3) is 0 Å². The van der Waals surface area contributed by atoms with E-state index >= 15 is 0 Å². The van der Waals surface area contributed by atoms with E-state index in [2.05, 4.69) is 0 Å². The molecule has 26 heavy (non-hydrogen) atoms. The van der Waals surface area contributed by atoms with Crippen molar-refractivity contribution in [3.8, 4) is 0 Å². The predicted molar refractivity (Wildman–Crippen MR) is 102 cm³/mol. The molecule has 0 fully saturated rings. The molecule has 2 aromatic rings. The number of ether oxygens (including phenoxy) is 2. The number of ketones is 1. The van der Waals surface area contributed by atoms with Crippen molar-refractivity contribution in [1.82, 2.24) is 0 Å². The number of benzene rings is 2. The smallest absolute Gasteiger partial charge is 0.247 e. The molecule has 0 aliphatic heterocycles. The van der Waals surface area contributed by atoms with Crippen LogP contribution in [0, 0.1) is 0 Å². The number of halogens is 1. The fourth-order valence-corrected chi connectivity index (χ4v) is 1.79. The van der Waals surface area contributed by atoms with E-state index in [9.17, 15) is 9.59 Å². The summed E-state index contributed by atoms with van der Waals surface area (Å²) in [5, 5.41) is 6.53. The first kappa shape index (κ1) is 23.9. The molecule has 2 rings (SSSR count). The summed E-state index contributed by atoms with van der Waals surface area (Å²) >= 11 is 5.08. The third kappa shape index (κ3) is 14.3. The van der Waals surface area contributed by atoms with E-state index < -0.39 is 5.24 Å². The van der Waals surface area contributed by atoms with Crippen molar-refractivity contribution >= 4 is 22.6 Å². The first-order valence-corrected chi connectivity index (χ1v) is 8.31. The van der Waals surface area contributed by atoms with Crippen LogP contribution in [0.2, 0.25) is 0 Å². The summed E-state index contributed by atoms with van der Waals surface area (Å²) in [4.78, 5) is 20.8. The van der Waals surface area contributed by atoms with Crippen LogP contribution in [0.1, 0.15) is 18.1 Å². The summed E-state index contributed by atoms with van der Waals surface area (Å²) in [6.07, 6.45) is 0. The van der Waals surface area contributed by atoms with Crippen molar-refractivity contribution < 1.29 is 24.2 Å². The van der Waals surface area contributed by atoms with Gasteiger partial charge in [0.05, 0.1) is 13.2 Å². The number of aliphatic hydroxyl groups is 1. The molecule has 0 heterocycles.